The van der Waals surface area contributed by atoms with Gasteiger partial charge in [-0.3, -0.25) is 4.98 Å². The van der Waals surface area contributed by atoms with Crippen molar-refractivity contribution in [3.63, 3.8) is 0 Å². The minimum atomic E-state index is -0.396. The number of aryl methyl sites for hydroxylation is 2. The van der Waals surface area contributed by atoms with Crippen LogP contribution in [0.25, 0.3) is 72.1 Å². The maximum Gasteiger partial charge on any atom is 0.196 e. The lowest BCUT2D eigenvalue weighted by Crippen LogP contribution is -2.15. The summed E-state index contributed by atoms with van der Waals surface area (Å²) in [6.07, 6.45) is 0. The summed E-state index contributed by atoms with van der Waals surface area (Å²) in [7, 11) is 0. The molecule has 0 atom stereocenters. The Morgan fingerprint density at radius 3 is 1.92 bits per heavy atom. The molecule has 0 fully saturated rings. The largest absolute Gasteiger partial charge is 0.258 e. The van der Waals surface area contributed by atoms with Gasteiger partial charge in [0.2, 0.25) is 0 Å². The molecule has 0 N–H and O–H groups in total. The highest BCUT2D eigenvalue weighted by atomic mass is 14.9. The van der Waals surface area contributed by atoms with Crippen LogP contribution in [0.15, 0.2) is 127 Å². The molecule has 5 nitrogen and oxygen atoms in total. The van der Waals surface area contributed by atoms with Gasteiger partial charge < -0.3 is 0 Å². The second-order valence-electron chi connectivity index (χ2n) is 13.6. The molecular weight excluding hydrogens is 623 g/mol. The molecule has 2 aromatic heterocycles. The summed E-state index contributed by atoms with van der Waals surface area (Å²) in [4.78, 5) is 18.8. The van der Waals surface area contributed by atoms with Crippen molar-refractivity contribution in [2.45, 2.75) is 33.1 Å². The van der Waals surface area contributed by atoms with Crippen molar-refractivity contribution in [2.24, 2.45) is 0 Å². The predicted octanol–water partition coefficient (Wildman–Crippen LogP) is 11.6. The highest BCUT2D eigenvalue weighted by Crippen LogP contribution is 2.53. The molecule has 5 aromatic carbocycles. The molecule has 0 saturated carbocycles. The van der Waals surface area contributed by atoms with Gasteiger partial charge in [0.25, 0.3) is 0 Å². The van der Waals surface area contributed by atoms with Gasteiger partial charge >= 0.3 is 0 Å². The van der Waals surface area contributed by atoms with Gasteiger partial charge in [0.15, 0.2) is 11.5 Å². The van der Waals surface area contributed by atoms with Crippen molar-refractivity contribution < 1.29 is 0 Å². The number of pyridine rings is 1. The summed E-state index contributed by atoms with van der Waals surface area (Å²) >= 11 is 0. The third kappa shape index (κ3) is 5.56. The number of aromatic nitrogens is 3. The molecule has 0 spiro atoms. The van der Waals surface area contributed by atoms with Gasteiger partial charge in [0.05, 0.1) is 24.0 Å². The smallest absolute Gasteiger partial charge is 0.196 e. The van der Waals surface area contributed by atoms with Crippen LogP contribution >= 0.6 is 0 Å². The van der Waals surface area contributed by atoms with E-state index in [0.29, 0.717) is 17.1 Å². The standard InChI is InChI=1S/C46H33N5/c1-28-16-18-37(29(2)49-28)35-22-34(33-17-19-38-39(25-33)46(3,4)40-20-30(27-47)21-43(48-5)44(38)40)23-36(24-35)42-26-41(31-12-8-6-9-13-31)50-45(51-42)32-14-10-7-11-15-32/h6-26H,1-4H3. The van der Waals surface area contributed by atoms with E-state index >= 15 is 0 Å². The number of nitriles is 1. The van der Waals surface area contributed by atoms with E-state index in [-0.39, 0.29) is 0 Å². The molecule has 0 amide bonds. The van der Waals surface area contributed by atoms with E-state index < -0.39 is 5.41 Å². The van der Waals surface area contributed by atoms with E-state index in [1.807, 2.05) is 61.5 Å². The van der Waals surface area contributed by atoms with Gasteiger partial charge in [-0.25, -0.2) is 14.8 Å². The highest BCUT2D eigenvalue weighted by Gasteiger charge is 2.37. The van der Waals surface area contributed by atoms with Crippen molar-refractivity contribution in [1.29, 1.82) is 5.26 Å². The molecule has 0 aliphatic heterocycles. The monoisotopic (exact) mass is 655 g/mol. The topological polar surface area (TPSA) is 66.8 Å². The molecule has 1 aliphatic rings. The normalized spacial score (nSPS) is 12.4. The van der Waals surface area contributed by atoms with Gasteiger partial charge in [-0.1, -0.05) is 92.7 Å². The number of rotatable bonds is 5. The molecule has 8 rings (SSSR count). The van der Waals surface area contributed by atoms with E-state index in [4.69, 9.17) is 21.5 Å². The summed E-state index contributed by atoms with van der Waals surface area (Å²) in [5.74, 6) is 0.663. The molecule has 7 aromatic rings. The Labute approximate surface area is 298 Å². The molecule has 0 saturated heterocycles. The first-order chi connectivity index (χ1) is 24.7. The summed E-state index contributed by atoms with van der Waals surface area (Å²) in [5.41, 5.74) is 15.5. The Hall–Kier alpha value is -6.69. The summed E-state index contributed by atoms with van der Waals surface area (Å²) < 4.78 is 0. The van der Waals surface area contributed by atoms with Gasteiger partial charge in [-0.2, -0.15) is 5.26 Å². The second kappa shape index (κ2) is 12.3. The molecule has 1 aliphatic carbocycles. The summed E-state index contributed by atoms with van der Waals surface area (Å²) in [6, 6.07) is 45.7. The fourth-order valence-electron chi connectivity index (χ4n) is 7.32. The Morgan fingerprint density at radius 2 is 1.24 bits per heavy atom. The first kappa shape index (κ1) is 31.6. The van der Waals surface area contributed by atoms with Crippen LogP contribution in [0, 0.1) is 31.8 Å². The van der Waals surface area contributed by atoms with Crippen LogP contribution in [0.5, 0.6) is 0 Å². The Kier molecular flexibility index (Phi) is 7.63. The van der Waals surface area contributed by atoms with Crippen LogP contribution in [0.4, 0.5) is 5.69 Å². The molecule has 51 heavy (non-hydrogen) atoms. The maximum absolute atomic E-state index is 9.74. The number of fused-ring (bicyclic) bond motifs is 3. The van der Waals surface area contributed by atoms with E-state index in [2.05, 4.69) is 98.4 Å². The number of nitrogens with zero attached hydrogens (tertiary/aromatic N) is 5. The average molecular weight is 656 g/mol. The molecule has 0 unspecified atom stereocenters. The van der Waals surface area contributed by atoms with E-state index in [1.165, 1.54) is 0 Å². The van der Waals surface area contributed by atoms with Gasteiger partial charge in [0, 0.05) is 44.6 Å². The minimum Gasteiger partial charge on any atom is -0.258 e. The molecule has 242 valence electrons. The Morgan fingerprint density at radius 1 is 0.588 bits per heavy atom. The van der Waals surface area contributed by atoms with Crippen LogP contribution in [0.2, 0.25) is 0 Å². The average Bonchev–Trinajstić information content (AvgIpc) is 3.40. The van der Waals surface area contributed by atoms with Crippen molar-refractivity contribution >= 4 is 5.69 Å². The van der Waals surface area contributed by atoms with Crippen LogP contribution in [-0.4, -0.2) is 15.0 Å². The van der Waals surface area contributed by atoms with Gasteiger partial charge in [0.1, 0.15) is 0 Å². The van der Waals surface area contributed by atoms with Crippen LogP contribution < -0.4 is 0 Å². The van der Waals surface area contributed by atoms with Gasteiger partial charge in [-0.15, -0.1) is 0 Å². The lowest BCUT2D eigenvalue weighted by atomic mass is 9.81. The van der Waals surface area contributed by atoms with E-state index in [9.17, 15) is 5.26 Å². The third-order valence-corrected chi connectivity index (χ3v) is 9.93. The maximum atomic E-state index is 9.74. The van der Waals surface area contributed by atoms with Crippen LogP contribution in [0.1, 0.15) is 41.9 Å². The molecule has 0 radical (unpaired) electrons. The lowest BCUT2D eigenvalue weighted by molar-refractivity contribution is 0.660. The lowest BCUT2D eigenvalue weighted by Gasteiger charge is -2.22. The fourth-order valence-corrected chi connectivity index (χ4v) is 7.32. The fraction of sp³-hybridized carbons (Fsp3) is 0.109. The van der Waals surface area contributed by atoms with Gasteiger partial charge in [-0.05, 0) is 101 Å². The van der Waals surface area contributed by atoms with E-state index in [0.717, 1.165) is 84.0 Å². The van der Waals surface area contributed by atoms with Crippen molar-refractivity contribution in [1.82, 2.24) is 15.0 Å². The molecule has 0 bridgehead atoms. The zero-order valence-electron chi connectivity index (χ0n) is 28.9. The van der Waals surface area contributed by atoms with Crippen LogP contribution in [0.3, 0.4) is 0 Å². The second-order valence-corrected chi connectivity index (χ2v) is 13.6. The SMILES string of the molecule is [C-]#[N+]c1cc(C#N)cc2c1-c1ccc(-c3cc(-c4cc(-c5ccccc5)nc(-c5ccccc5)n4)cc(-c4ccc(C)nc4C)c3)cc1C2(C)C. The van der Waals surface area contributed by atoms with E-state index in [1.54, 1.807) is 6.07 Å². The molecule has 2 heterocycles. The summed E-state index contributed by atoms with van der Waals surface area (Å²) in [6.45, 7) is 16.3. The third-order valence-electron chi connectivity index (χ3n) is 9.93. The number of benzene rings is 5. The Balaban J connectivity index is 1.35. The first-order valence-corrected chi connectivity index (χ1v) is 16.9. The highest BCUT2D eigenvalue weighted by molar-refractivity contribution is 5.93. The van der Waals surface area contributed by atoms with Crippen molar-refractivity contribution in [3.05, 3.63) is 167 Å². The molecular formula is C46H33N5. The van der Waals surface area contributed by atoms with Crippen molar-refractivity contribution in [3.8, 4) is 73.4 Å². The summed E-state index contributed by atoms with van der Waals surface area (Å²) in [5, 5.41) is 9.74. The van der Waals surface area contributed by atoms with Crippen molar-refractivity contribution in [2.75, 3.05) is 0 Å². The molecule has 5 heteroatoms. The number of hydrogen-bond acceptors (Lipinski definition) is 4. The number of hydrogen-bond donors (Lipinski definition) is 0. The zero-order chi connectivity index (χ0) is 35.3. The van der Waals surface area contributed by atoms with Crippen LogP contribution in [-0.2, 0) is 5.41 Å². The first-order valence-electron chi connectivity index (χ1n) is 16.9. The minimum absolute atomic E-state index is 0.396. The zero-order valence-corrected chi connectivity index (χ0v) is 28.9. The quantitative estimate of drug-likeness (QED) is 0.173. The predicted molar refractivity (Wildman–Crippen MR) is 205 cm³/mol. The Bertz CT molecular complexity index is 2530.